The molecule has 2 N–H and O–H groups in total. The smallest absolute Gasteiger partial charge is 0.156 e. The lowest BCUT2D eigenvalue weighted by Gasteiger charge is -2.14. The molecule has 0 saturated heterocycles. The Balaban J connectivity index is 1.57. The zero-order chi connectivity index (χ0) is 21.9. The fourth-order valence-electron chi connectivity index (χ4n) is 4.44. The molecule has 0 bridgehead atoms. The first-order valence-electron chi connectivity index (χ1n) is 11.1. The summed E-state index contributed by atoms with van der Waals surface area (Å²) in [7, 11) is 0. The van der Waals surface area contributed by atoms with Gasteiger partial charge in [-0.3, -0.25) is 4.98 Å². The topological polar surface area (TPSA) is 64.7 Å². The maximum Gasteiger partial charge on any atom is 0.156 e. The number of nitrogens with two attached hydrogens (primary N) is 1. The number of nitrogen functional groups attached to an aromatic ring is 1. The lowest BCUT2D eigenvalue weighted by Crippen LogP contribution is -2.03. The van der Waals surface area contributed by atoms with Gasteiger partial charge in [0.2, 0.25) is 0 Å². The van der Waals surface area contributed by atoms with Crippen LogP contribution >= 0.6 is 23.4 Å². The van der Waals surface area contributed by atoms with Crippen molar-refractivity contribution < 1.29 is 0 Å². The highest BCUT2D eigenvalue weighted by atomic mass is 35.5. The molecule has 0 unspecified atom stereocenters. The van der Waals surface area contributed by atoms with Gasteiger partial charge >= 0.3 is 0 Å². The normalized spacial score (nSPS) is 14.3. The molecule has 0 radical (unpaired) electrons. The van der Waals surface area contributed by atoms with Crippen molar-refractivity contribution in [1.29, 1.82) is 0 Å². The number of hydrogen-bond acceptors (Lipinski definition) is 5. The average molecular weight is 461 g/mol. The highest BCUT2D eigenvalue weighted by Gasteiger charge is 2.19. The number of fused-ring (bicyclic) bond motifs is 1. The monoisotopic (exact) mass is 460 g/mol. The van der Waals surface area contributed by atoms with Crippen molar-refractivity contribution >= 4 is 40.1 Å². The third-order valence-corrected chi connectivity index (χ3v) is 7.41. The molecule has 32 heavy (non-hydrogen) atoms. The number of anilines is 1. The van der Waals surface area contributed by atoms with Crippen LogP contribution in [-0.4, -0.2) is 20.7 Å². The van der Waals surface area contributed by atoms with E-state index in [0.717, 1.165) is 50.1 Å². The lowest BCUT2D eigenvalue weighted by molar-refractivity contribution is 0.535. The van der Waals surface area contributed by atoms with E-state index >= 15 is 0 Å². The van der Waals surface area contributed by atoms with E-state index in [4.69, 9.17) is 27.3 Å². The molecule has 2 heterocycles. The molecule has 4 nitrogen and oxygen atoms in total. The van der Waals surface area contributed by atoms with Crippen LogP contribution in [0, 0.1) is 5.92 Å². The minimum absolute atomic E-state index is 0.484. The van der Waals surface area contributed by atoms with Gasteiger partial charge in [-0.1, -0.05) is 73.7 Å². The minimum Gasteiger partial charge on any atom is -0.381 e. The summed E-state index contributed by atoms with van der Waals surface area (Å²) in [6.07, 6.45) is 8.39. The van der Waals surface area contributed by atoms with Gasteiger partial charge in [0.25, 0.3) is 0 Å². The molecule has 1 aliphatic carbocycles. The van der Waals surface area contributed by atoms with Crippen LogP contribution in [0.2, 0.25) is 5.02 Å². The second-order valence-electron chi connectivity index (χ2n) is 8.30. The Morgan fingerprint density at radius 2 is 1.72 bits per heavy atom. The molecule has 162 valence electrons. The second-order valence-corrected chi connectivity index (χ2v) is 9.79. The third-order valence-electron chi connectivity index (χ3n) is 6.11. The SMILES string of the molecule is Nc1nc(-c2ccccc2)c(-c2cc(Cl)c3ncccc3c2)nc1SCCC1CCCC1. The van der Waals surface area contributed by atoms with Crippen LogP contribution in [0.3, 0.4) is 0 Å². The summed E-state index contributed by atoms with van der Waals surface area (Å²) >= 11 is 8.31. The van der Waals surface area contributed by atoms with E-state index in [0.29, 0.717) is 10.8 Å². The van der Waals surface area contributed by atoms with Crippen molar-refractivity contribution in [2.24, 2.45) is 5.92 Å². The van der Waals surface area contributed by atoms with Gasteiger partial charge in [-0.15, -0.1) is 11.8 Å². The standard InChI is InChI=1S/C26H25ClN4S/c27-21-16-20(15-19-11-6-13-29-22(19)21)24-23(18-9-2-1-3-10-18)30-25(28)26(31-24)32-14-12-17-7-4-5-8-17/h1-3,6,9-11,13,15-17H,4-5,7-8,12,14H2,(H2,28,30). The minimum atomic E-state index is 0.484. The van der Waals surface area contributed by atoms with Gasteiger partial charge in [-0.2, -0.15) is 0 Å². The van der Waals surface area contributed by atoms with Gasteiger partial charge in [0.1, 0.15) is 5.03 Å². The summed E-state index contributed by atoms with van der Waals surface area (Å²) in [5.41, 5.74) is 10.6. The molecule has 0 amide bonds. The van der Waals surface area contributed by atoms with Crippen molar-refractivity contribution in [2.45, 2.75) is 37.1 Å². The molecule has 6 heteroatoms. The summed E-state index contributed by atoms with van der Waals surface area (Å²) in [5.74, 6) is 2.33. The Bertz CT molecular complexity index is 1240. The van der Waals surface area contributed by atoms with E-state index in [2.05, 4.69) is 11.1 Å². The van der Waals surface area contributed by atoms with Gasteiger partial charge in [-0.05, 0) is 36.3 Å². The van der Waals surface area contributed by atoms with E-state index in [-0.39, 0.29) is 0 Å². The van der Waals surface area contributed by atoms with E-state index in [1.54, 1.807) is 18.0 Å². The first-order valence-corrected chi connectivity index (χ1v) is 12.5. The van der Waals surface area contributed by atoms with E-state index < -0.39 is 0 Å². The Morgan fingerprint density at radius 1 is 0.938 bits per heavy atom. The number of rotatable bonds is 6. The number of pyridine rings is 1. The van der Waals surface area contributed by atoms with Crippen molar-refractivity contribution in [3.05, 3.63) is 65.8 Å². The van der Waals surface area contributed by atoms with Crippen LogP contribution < -0.4 is 5.73 Å². The van der Waals surface area contributed by atoms with Crippen molar-refractivity contribution in [3.63, 3.8) is 0 Å². The molecule has 4 aromatic rings. The molecule has 0 spiro atoms. The van der Waals surface area contributed by atoms with Crippen LogP contribution in [0.5, 0.6) is 0 Å². The quantitative estimate of drug-likeness (QED) is 0.306. The van der Waals surface area contributed by atoms with Gasteiger partial charge in [-0.25, -0.2) is 9.97 Å². The Kier molecular flexibility index (Phi) is 6.28. The largest absolute Gasteiger partial charge is 0.381 e. The van der Waals surface area contributed by atoms with Crippen molar-refractivity contribution in [1.82, 2.24) is 15.0 Å². The molecular formula is C26H25ClN4S. The van der Waals surface area contributed by atoms with Crippen molar-refractivity contribution in [2.75, 3.05) is 11.5 Å². The fourth-order valence-corrected chi connectivity index (χ4v) is 5.71. The van der Waals surface area contributed by atoms with Crippen LogP contribution in [-0.2, 0) is 0 Å². The summed E-state index contributed by atoms with van der Waals surface area (Å²) in [4.78, 5) is 14.3. The summed E-state index contributed by atoms with van der Waals surface area (Å²) in [5, 5.41) is 2.37. The zero-order valence-electron chi connectivity index (χ0n) is 17.8. The van der Waals surface area contributed by atoms with Crippen molar-refractivity contribution in [3.8, 4) is 22.5 Å². The number of nitrogens with zero attached hydrogens (tertiary/aromatic N) is 3. The number of halogens is 1. The number of hydrogen-bond donors (Lipinski definition) is 1. The van der Waals surface area contributed by atoms with Gasteiger partial charge in [0.05, 0.1) is 21.9 Å². The molecule has 2 aromatic carbocycles. The Labute approximate surface area is 197 Å². The van der Waals surface area contributed by atoms with E-state index in [9.17, 15) is 0 Å². The van der Waals surface area contributed by atoms with Crippen LogP contribution in [0.4, 0.5) is 5.82 Å². The van der Waals surface area contributed by atoms with Crippen LogP contribution in [0.1, 0.15) is 32.1 Å². The number of aromatic nitrogens is 3. The zero-order valence-corrected chi connectivity index (χ0v) is 19.4. The molecular weight excluding hydrogens is 436 g/mol. The van der Waals surface area contributed by atoms with Crippen LogP contribution in [0.25, 0.3) is 33.4 Å². The highest BCUT2D eigenvalue weighted by molar-refractivity contribution is 7.99. The predicted molar refractivity (Wildman–Crippen MR) is 135 cm³/mol. The molecule has 1 aliphatic rings. The molecule has 2 aromatic heterocycles. The van der Waals surface area contributed by atoms with E-state index in [1.165, 1.54) is 32.1 Å². The lowest BCUT2D eigenvalue weighted by atomic mass is 10.0. The third kappa shape index (κ3) is 4.45. The molecule has 1 fully saturated rings. The highest BCUT2D eigenvalue weighted by Crippen LogP contribution is 2.37. The first-order chi connectivity index (χ1) is 15.7. The van der Waals surface area contributed by atoms with Crippen LogP contribution in [0.15, 0.2) is 65.8 Å². The number of thioether (sulfide) groups is 1. The van der Waals surface area contributed by atoms with Gasteiger partial charge in [0.15, 0.2) is 5.82 Å². The maximum absolute atomic E-state index is 6.60. The Hall–Kier alpha value is -2.63. The predicted octanol–water partition coefficient (Wildman–Crippen LogP) is 7.27. The van der Waals surface area contributed by atoms with Gasteiger partial charge in [0, 0.05) is 22.7 Å². The first kappa shape index (κ1) is 21.2. The second kappa shape index (κ2) is 9.47. The van der Waals surface area contributed by atoms with Gasteiger partial charge < -0.3 is 5.73 Å². The summed E-state index contributed by atoms with van der Waals surface area (Å²) < 4.78 is 0. The maximum atomic E-state index is 6.60. The summed E-state index contributed by atoms with van der Waals surface area (Å²) in [6, 6.07) is 18.0. The average Bonchev–Trinajstić information content (AvgIpc) is 3.34. The molecule has 0 aliphatic heterocycles. The molecule has 0 atom stereocenters. The molecule has 5 rings (SSSR count). The number of benzene rings is 2. The van der Waals surface area contributed by atoms with E-state index in [1.807, 2.05) is 48.5 Å². The fraction of sp³-hybridized carbons (Fsp3) is 0.269. The molecule has 1 saturated carbocycles. The summed E-state index contributed by atoms with van der Waals surface area (Å²) in [6.45, 7) is 0. The Morgan fingerprint density at radius 3 is 2.53 bits per heavy atom.